The summed E-state index contributed by atoms with van der Waals surface area (Å²) in [5.41, 5.74) is 0. The van der Waals surface area contributed by atoms with Crippen LogP contribution in [-0.4, -0.2) is 13.2 Å². The lowest BCUT2D eigenvalue weighted by Gasteiger charge is -2.07. The molecule has 0 saturated carbocycles. The minimum absolute atomic E-state index is 0.333. The largest absolute Gasteiger partial charge is 0.377 e. The molecule has 1 atom stereocenters. The number of hydrogen-bond acceptors (Lipinski definition) is 1. The van der Waals surface area contributed by atoms with Crippen molar-refractivity contribution in [1.29, 1.82) is 0 Å². The van der Waals surface area contributed by atoms with Crippen LogP contribution in [0.15, 0.2) is 12.2 Å². The summed E-state index contributed by atoms with van der Waals surface area (Å²) in [6.45, 7) is 4.18. The quantitative estimate of drug-likeness (QED) is 0.528. The van der Waals surface area contributed by atoms with E-state index < -0.39 is 0 Å². The molecule has 0 aromatic rings. The molecule has 9 heavy (non-hydrogen) atoms. The van der Waals surface area contributed by atoms with Crippen LogP contribution in [0, 0.1) is 0 Å². The zero-order valence-electron chi connectivity index (χ0n) is 6.55. The number of rotatable bonds is 4. The Hall–Kier alpha value is -0.300. The molecule has 0 radical (unpaired) electrons. The highest BCUT2D eigenvalue weighted by molar-refractivity contribution is 4.85. The molecule has 0 aromatic carbocycles. The molecule has 1 heteroatoms. The van der Waals surface area contributed by atoms with E-state index in [0.29, 0.717) is 6.10 Å². The Kier molecular flexibility index (Phi) is 5.64. The first-order chi connectivity index (χ1) is 4.35. The fraction of sp³-hybridized carbons (Fsp3) is 0.750. The zero-order chi connectivity index (χ0) is 7.11. The second kappa shape index (κ2) is 5.83. The van der Waals surface area contributed by atoms with E-state index in [-0.39, 0.29) is 0 Å². The van der Waals surface area contributed by atoms with Gasteiger partial charge in [-0.15, -0.1) is 0 Å². The summed E-state index contributed by atoms with van der Waals surface area (Å²) in [4.78, 5) is 0. The fourth-order valence-corrected chi connectivity index (χ4v) is 0.792. The zero-order valence-corrected chi connectivity index (χ0v) is 6.55. The number of hydrogen-bond donors (Lipinski definition) is 0. The first-order valence-electron chi connectivity index (χ1n) is 3.50. The van der Waals surface area contributed by atoms with Gasteiger partial charge in [-0.1, -0.05) is 25.5 Å². The lowest BCUT2D eigenvalue weighted by Crippen LogP contribution is -2.04. The minimum atomic E-state index is 0.333. The van der Waals surface area contributed by atoms with Gasteiger partial charge >= 0.3 is 0 Å². The fourth-order valence-electron chi connectivity index (χ4n) is 0.792. The standard InChI is InChI=1S/C8H16O/c1-4-6-8(9-3)7-5-2/h4,6,8H,5,7H2,1-3H3/b6-4+. The third kappa shape index (κ3) is 4.22. The van der Waals surface area contributed by atoms with Gasteiger partial charge in [-0.05, 0) is 13.3 Å². The Labute approximate surface area is 57.7 Å². The van der Waals surface area contributed by atoms with Gasteiger partial charge in [-0.2, -0.15) is 0 Å². The second-order valence-electron chi connectivity index (χ2n) is 2.09. The van der Waals surface area contributed by atoms with E-state index in [1.165, 1.54) is 6.42 Å². The second-order valence-corrected chi connectivity index (χ2v) is 2.09. The number of allylic oxidation sites excluding steroid dienone is 1. The average molecular weight is 128 g/mol. The first-order valence-corrected chi connectivity index (χ1v) is 3.50. The summed E-state index contributed by atoms with van der Waals surface area (Å²) < 4.78 is 5.14. The predicted molar refractivity (Wildman–Crippen MR) is 40.5 cm³/mol. The summed E-state index contributed by atoms with van der Waals surface area (Å²) in [6, 6.07) is 0. The van der Waals surface area contributed by atoms with Crippen LogP contribution in [0.2, 0.25) is 0 Å². The van der Waals surface area contributed by atoms with Crippen LogP contribution in [0.3, 0.4) is 0 Å². The van der Waals surface area contributed by atoms with Crippen molar-refractivity contribution in [2.75, 3.05) is 7.11 Å². The van der Waals surface area contributed by atoms with Crippen molar-refractivity contribution in [2.45, 2.75) is 32.8 Å². The van der Waals surface area contributed by atoms with Crippen molar-refractivity contribution in [2.24, 2.45) is 0 Å². The highest BCUT2D eigenvalue weighted by Crippen LogP contribution is 2.01. The first kappa shape index (κ1) is 8.70. The minimum Gasteiger partial charge on any atom is -0.377 e. The molecule has 0 N–H and O–H groups in total. The highest BCUT2D eigenvalue weighted by Gasteiger charge is 1.97. The molecule has 0 bridgehead atoms. The maximum absolute atomic E-state index is 5.14. The van der Waals surface area contributed by atoms with Gasteiger partial charge in [0.2, 0.25) is 0 Å². The molecule has 0 saturated heterocycles. The van der Waals surface area contributed by atoms with Gasteiger partial charge in [-0.3, -0.25) is 0 Å². The summed E-state index contributed by atoms with van der Waals surface area (Å²) in [5.74, 6) is 0. The van der Waals surface area contributed by atoms with Crippen molar-refractivity contribution >= 4 is 0 Å². The lowest BCUT2D eigenvalue weighted by molar-refractivity contribution is 0.133. The summed E-state index contributed by atoms with van der Waals surface area (Å²) in [6.07, 6.45) is 6.76. The predicted octanol–water partition coefficient (Wildman–Crippen LogP) is 2.38. The Bertz CT molecular complexity index is 76.6. The third-order valence-electron chi connectivity index (χ3n) is 1.28. The smallest absolute Gasteiger partial charge is 0.0751 e. The van der Waals surface area contributed by atoms with Crippen molar-refractivity contribution < 1.29 is 4.74 Å². The van der Waals surface area contributed by atoms with Gasteiger partial charge in [0.25, 0.3) is 0 Å². The molecular formula is C8H16O. The van der Waals surface area contributed by atoms with E-state index in [9.17, 15) is 0 Å². The number of methoxy groups -OCH3 is 1. The highest BCUT2D eigenvalue weighted by atomic mass is 16.5. The van der Waals surface area contributed by atoms with E-state index in [0.717, 1.165) is 6.42 Å². The van der Waals surface area contributed by atoms with E-state index in [1.807, 2.05) is 13.0 Å². The van der Waals surface area contributed by atoms with Gasteiger partial charge in [-0.25, -0.2) is 0 Å². The molecule has 0 fully saturated rings. The van der Waals surface area contributed by atoms with E-state index in [1.54, 1.807) is 7.11 Å². The molecule has 1 nitrogen and oxygen atoms in total. The Morgan fingerprint density at radius 1 is 1.56 bits per heavy atom. The maximum Gasteiger partial charge on any atom is 0.0751 e. The van der Waals surface area contributed by atoms with Crippen LogP contribution in [0.1, 0.15) is 26.7 Å². The monoisotopic (exact) mass is 128 g/mol. The van der Waals surface area contributed by atoms with E-state index in [4.69, 9.17) is 4.74 Å². The molecule has 0 amide bonds. The van der Waals surface area contributed by atoms with E-state index >= 15 is 0 Å². The molecular weight excluding hydrogens is 112 g/mol. The van der Waals surface area contributed by atoms with E-state index in [2.05, 4.69) is 13.0 Å². The molecule has 0 rings (SSSR count). The lowest BCUT2D eigenvalue weighted by atomic mass is 10.2. The van der Waals surface area contributed by atoms with Crippen molar-refractivity contribution in [1.82, 2.24) is 0 Å². The van der Waals surface area contributed by atoms with Crippen molar-refractivity contribution in [3.05, 3.63) is 12.2 Å². The molecule has 0 spiro atoms. The van der Waals surface area contributed by atoms with Gasteiger partial charge in [0.15, 0.2) is 0 Å². The van der Waals surface area contributed by atoms with Crippen LogP contribution in [-0.2, 0) is 4.74 Å². The van der Waals surface area contributed by atoms with Crippen molar-refractivity contribution in [3.63, 3.8) is 0 Å². The normalized spacial score (nSPS) is 14.6. The van der Waals surface area contributed by atoms with Crippen LogP contribution < -0.4 is 0 Å². The average Bonchev–Trinajstić information content (AvgIpc) is 1.88. The Morgan fingerprint density at radius 3 is 2.56 bits per heavy atom. The maximum atomic E-state index is 5.14. The molecule has 54 valence electrons. The molecule has 0 aliphatic carbocycles. The molecule has 0 aromatic heterocycles. The molecule has 0 aliphatic rings. The summed E-state index contributed by atoms with van der Waals surface area (Å²) in [7, 11) is 1.75. The van der Waals surface area contributed by atoms with Gasteiger partial charge < -0.3 is 4.74 Å². The Balaban J connectivity index is 3.41. The molecule has 0 heterocycles. The summed E-state index contributed by atoms with van der Waals surface area (Å²) >= 11 is 0. The summed E-state index contributed by atoms with van der Waals surface area (Å²) in [5, 5.41) is 0. The molecule has 1 unspecified atom stereocenters. The van der Waals surface area contributed by atoms with Crippen LogP contribution in [0.4, 0.5) is 0 Å². The van der Waals surface area contributed by atoms with Crippen LogP contribution in [0.5, 0.6) is 0 Å². The Morgan fingerprint density at radius 2 is 2.22 bits per heavy atom. The van der Waals surface area contributed by atoms with Crippen LogP contribution >= 0.6 is 0 Å². The topological polar surface area (TPSA) is 9.23 Å². The molecule has 0 aliphatic heterocycles. The van der Waals surface area contributed by atoms with Gasteiger partial charge in [0.1, 0.15) is 0 Å². The number of ether oxygens (including phenoxy) is 1. The van der Waals surface area contributed by atoms with Gasteiger partial charge in [0, 0.05) is 7.11 Å². The van der Waals surface area contributed by atoms with Crippen molar-refractivity contribution in [3.8, 4) is 0 Å². The van der Waals surface area contributed by atoms with Crippen LogP contribution in [0.25, 0.3) is 0 Å². The van der Waals surface area contributed by atoms with Gasteiger partial charge in [0.05, 0.1) is 6.10 Å². The SMILES string of the molecule is C/C=C/C(CCC)OC. The third-order valence-corrected chi connectivity index (χ3v) is 1.28.